The van der Waals surface area contributed by atoms with Crippen LogP contribution in [0.25, 0.3) is 0 Å². The lowest BCUT2D eigenvalue weighted by atomic mass is 9.86. The van der Waals surface area contributed by atoms with Crippen LogP contribution in [-0.2, 0) is 28.0 Å². The predicted molar refractivity (Wildman–Crippen MR) is 128 cm³/mol. The highest BCUT2D eigenvalue weighted by Crippen LogP contribution is 2.22. The molecule has 0 saturated carbocycles. The molecule has 0 aliphatic rings. The van der Waals surface area contributed by atoms with Gasteiger partial charge in [-0.25, -0.2) is 0 Å². The maximum Gasteiger partial charge on any atom is 0.242 e. The van der Waals surface area contributed by atoms with Gasteiger partial charge in [0.05, 0.1) is 0 Å². The number of carbonyl (C=O) groups is 2. The van der Waals surface area contributed by atoms with Crippen molar-refractivity contribution < 1.29 is 9.59 Å². The third-order valence-electron chi connectivity index (χ3n) is 5.52. The first-order valence-electron chi connectivity index (χ1n) is 11.2. The van der Waals surface area contributed by atoms with Crippen LogP contribution in [0.2, 0.25) is 0 Å². The van der Waals surface area contributed by atoms with E-state index in [0.29, 0.717) is 19.4 Å². The van der Waals surface area contributed by atoms with E-state index in [1.54, 1.807) is 4.90 Å². The van der Waals surface area contributed by atoms with Crippen molar-refractivity contribution in [3.05, 3.63) is 70.8 Å². The standard InChI is InChI=1S/C27H38N2O2/c1-19(2)28-26(31)21(4)29(18-23-10-8-20(3)9-11-23)25(30)17-14-22-12-15-24(16-13-22)27(5,6)7/h8-13,15-16,19,21H,14,17-18H2,1-7H3,(H,28,31)/t21-/m1/s1. The lowest BCUT2D eigenvalue weighted by Crippen LogP contribution is -2.49. The number of nitrogens with one attached hydrogen (secondary N) is 1. The molecule has 0 fully saturated rings. The van der Waals surface area contributed by atoms with E-state index in [4.69, 9.17) is 0 Å². The third-order valence-corrected chi connectivity index (χ3v) is 5.52. The van der Waals surface area contributed by atoms with Gasteiger partial charge in [-0.1, -0.05) is 74.9 Å². The zero-order chi connectivity index (χ0) is 23.2. The molecule has 4 heteroatoms. The molecule has 1 N–H and O–H groups in total. The molecule has 0 heterocycles. The molecular formula is C27H38N2O2. The summed E-state index contributed by atoms with van der Waals surface area (Å²) < 4.78 is 0. The second kappa shape index (κ2) is 10.6. The van der Waals surface area contributed by atoms with Crippen LogP contribution in [0.4, 0.5) is 0 Å². The highest BCUT2D eigenvalue weighted by Gasteiger charge is 2.26. The normalized spacial score (nSPS) is 12.5. The molecular weight excluding hydrogens is 384 g/mol. The van der Waals surface area contributed by atoms with E-state index in [1.165, 1.54) is 11.1 Å². The Labute approximate surface area is 188 Å². The highest BCUT2D eigenvalue weighted by molar-refractivity contribution is 5.87. The van der Waals surface area contributed by atoms with Crippen LogP contribution in [0.3, 0.4) is 0 Å². The van der Waals surface area contributed by atoms with Gasteiger partial charge in [0.2, 0.25) is 11.8 Å². The Hall–Kier alpha value is -2.62. The minimum atomic E-state index is -0.528. The maximum atomic E-state index is 13.2. The lowest BCUT2D eigenvalue weighted by Gasteiger charge is -2.29. The van der Waals surface area contributed by atoms with Crippen molar-refractivity contribution >= 4 is 11.8 Å². The number of amides is 2. The zero-order valence-corrected chi connectivity index (χ0v) is 20.2. The van der Waals surface area contributed by atoms with E-state index in [0.717, 1.165) is 11.1 Å². The quantitative estimate of drug-likeness (QED) is 0.638. The number of rotatable bonds is 8. The van der Waals surface area contributed by atoms with Crippen LogP contribution >= 0.6 is 0 Å². The summed E-state index contributed by atoms with van der Waals surface area (Å²) >= 11 is 0. The Kier molecular flexibility index (Phi) is 8.43. The summed E-state index contributed by atoms with van der Waals surface area (Å²) in [5, 5.41) is 2.93. The van der Waals surface area contributed by atoms with E-state index < -0.39 is 6.04 Å². The van der Waals surface area contributed by atoms with Crippen molar-refractivity contribution in [3.8, 4) is 0 Å². The summed E-state index contributed by atoms with van der Waals surface area (Å²) in [7, 11) is 0. The van der Waals surface area contributed by atoms with E-state index in [-0.39, 0.29) is 23.3 Å². The fourth-order valence-electron chi connectivity index (χ4n) is 3.44. The number of hydrogen-bond donors (Lipinski definition) is 1. The van der Waals surface area contributed by atoms with Crippen molar-refractivity contribution in [3.63, 3.8) is 0 Å². The van der Waals surface area contributed by atoms with Gasteiger partial charge in [0.1, 0.15) is 6.04 Å². The van der Waals surface area contributed by atoms with E-state index in [1.807, 2.05) is 52.0 Å². The molecule has 0 aliphatic heterocycles. The molecule has 0 radical (unpaired) electrons. The molecule has 4 nitrogen and oxygen atoms in total. The molecule has 168 valence electrons. The van der Waals surface area contributed by atoms with Gasteiger partial charge in [-0.3, -0.25) is 9.59 Å². The number of aryl methyl sites for hydroxylation is 2. The Bertz CT molecular complexity index is 862. The summed E-state index contributed by atoms with van der Waals surface area (Å²) in [5.41, 5.74) is 4.72. The molecule has 2 amide bonds. The third kappa shape index (κ3) is 7.54. The number of hydrogen-bond acceptors (Lipinski definition) is 2. The Morgan fingerprint density at radius 2 is 1.45 bits per heavy atom. The first-order valence-corrected chi connectivity index (χ1v) is 11.2. The van der Waals surface area contributed by atoms with E-state index >= 15 is 0 Å². The van der Waals surface area contributed by atoms with Crippen LogP contribution in [0.5, 0.6) is 0 Å². The molecule has 0 unspecified atom stereocenters. The van der Waals surface area contributed by atoms with Crippen molar-refractivity contribution in [2.45, 2.75) is 85.4 Å². The van der Waals surface area contributed by atoms with Gasteiger partial charge in [-0.05, 0) is 56.2 Å². The first kappa shape index (κ1) is 24.6. The molecule has 2 rings (SSSR count). The Balaban J connectivity index is 2.12. The van der Waals surface area contributed by atoms with Crippen LogP contribution in [0, 0.1) is 6.92 Å². The summed E-state index contributed by atoms with van der Waals surface area (Å²) in [6.07, 6.45) is 1.03. The molecule has 0 aliphatic carbocycles. The van der Waals surface area contributed by atoms with Crippen LogP contribution in [0.15, 0.2) is 48.5 Å². The van der Waals surface area contributed by atoms with Crippen molar-refractivity contribution in [1.29, 1.82) is 0 Å². The first-order chi connectivity index (χ1) is 14.5. The fourth-order valence-corrected chi connectivity index (χ4v) is 3.44. The number of carbonyl (C=O) groups excluding carboxylic acids is 2. The lowest BCUT2D eigenvalue weighted by molar-refractivity contribution is -0.140. The monoisotopic (exact) mass is 422 g/mol. The van der Waals surface area contributed by atoms with Crippen molar-refractivity contribution in [1.82, 2.24) is 10.2 Å². The molecule has 0 aromatic heterocycles. The summed E-state index contributed by atoms with van der Waals surface area (Å²) in [6, 6.07) is 16.1. The molecule has 2 aromatic carbocycles. The van der Waals surface area contributed by atoms with Crippen LogP contribution in [-0.4, -0.2) is 28.8 Å². The molecule has 0 bridgehead atoms. The van der Waals surface area contributed by atoms with Crippen LogP contribution < -0.4 is 5.32 Å². The number of nitrogens with zero attached hydrogens (tertiary/aromatic N) is 1. The minimum absolute atomic E-state index is 0.00752. The van der Waals surface area contributed by atoms with Gasteiger partial charge in [-0.15, -0.1) is 0 Å². The van der Waals surface area contributed by atoms with Gasteiger partial charge in [0, 0.05) is 19.0 Å². The average Bonchev–Trinajstić information content (AvgIpc) is 2.70. The largest absolute Gasteiger partial charge is 0.352 e. The number of benzene rings is 2. The fraction of sp³-hybridized carbons (Fsp3) is 0.481. The second-order valence-electron chi connectivity index (χ2n) is 9.79. The maximum absolute atomic E-state index is 13.2. The molecule has 0 spiro atoms. The molecule has 0 saturated heterocycles. The minimum Gasteiger partial charge on any atom is -0.352 e. The molecule has 31 heavy (non-hydrogen) atoms. The predicted octanol–water partition coefficient (Wildman–Crippen LogP) is 5.17. The van der Waals surface area contributed by atoms with Gasteiger partial charge in [0.15, 0.2) is 0 Å². The Morgan fingerprint density at radius 3 is 1.97 bits per heavy atom. The summed E-state index contributed by atoms with van der Waals surface area (Å²) in [6.45, 7) is 14.7. The van der Waals surface area contributed by atoms with Gasteiger partial charge < -0.3 is 10.2 Å². The smallest absolute Gasteiger partial charge is 0.242 e. The summed E-state index contributed by atoms with van der Waals surface area (Å²) in [5.74, 6) is -0.128. The van der Waals surface area contributed by atoms with Gasteiger partial charge >= 0.3 is 0 Å². The van der Waals surface area contributed by atoms with E-state index in [9.17, 15) is 9.59 Å². The SMILES string of the molecule is Cc1ccc(CN(C(=O)CCc2ccc(C(C)(C)C)cc2)[C@H](C)C(=O)NC(C)C)cc1. The van der Waals surface area contributed by atoms with Crippen molar-refractivity contribution in [2.75, 3.05) is 0 Å². The zero-order valence-electron chi connectivity index (χ0n) is 20.2. The molecule has 1 atom stereocenters. The van der Waals surface area contributed by atoms with E-state index in [2.05, 4.69) is 50.4 Å². The van der Waals surface area contributed by atoms with Gasteiger partial charge in [-0.2, -0.15) is 0 Å². The van der Waals surface area contributed by atoms with Crippen molar-refractivity contribution in [2.24, 2.45) is 0 Å². The Morgan fingerprint density at radius 1 is 0.903 bits per heavy atom. The second-order valence-corrected chi connectivity index (χ2v) is 9.79. The molecule has 2 aromatic rings. The average molecular weight is 423 g/mol. The highest BCUT2D eigenvalue weighted by atomic mass is 16.2. The topological polar surface area (TPSA) is 49.4 Å². The van der Waals surface area contributed by atoms with Gasteiger partial charge in [0.25, 0.3) is 0 Å². The summed E-state index contributed by atoms with van der Waals surface area (Å²) in [4.78, 5) is 27.5. The van der Waals surface area contributed by atoms with Crippen LogP contribution in [0.1, 0.15) is 70.2 Å².